The van der Waals surface area contributed by atoms with E-state index < -0.39 is 0 Å². The molecule has 68 valence electrons. The van der Waals surface area contributed by atoms with E-state index in [0.29, 0.717) is 6.04 Å². The molecule has 1 unspecified atom stereocenters. The van der Waals surface area contributed by atoms with Gasteiger partial charge in [0.1, 0.15) is 0 Å². The Balaban J connectivity index is 1.70. The van der Waals surface area contributed by atoms with Crippen LogP contribution < -0.4 is 5.32 Å². The van der Waals surface area contributed by atoms with Gasteiger partial charge in [-0.05, 0) is 25.9 Å². The van der Waals surface area contributed by atoms with E-state index in [0.717, 1.165) is 6.54 Å². The maximum absolute atomic E-state index is 4.17. The van der Waals surface area contributed by atoms with Gasteiger partial charge in [0.05, 0.1) is 18.9 Å². The van der Waals surface area contributed by atoms with Crippen LogP contribution in [-0.2, 0) is 0 Å². The van der Waals surface area contributed by atoms with Crippen LogP contribution in [-0.4, -0.2) is 43.5 Å². The Kier molecular flexibility index (Phi) is 2.61. The summed E-state index contributed by atoms with van der Waals surface area (Å²) in [5.41, 5.74) is 0. The van der Waals surface area contributed by atoms with Crippen molar-refractivity contribution >= 4 is 6.34 Å². The molecule has 0 aromatic rings. The largest absolute Gasteiger partial charge is 0.371 e. The highest BCUT2D eigenvalue weighted by molar-refractivity contribution is 5.57. The molecule has 3 nitrogen and oxygen atoms in total. The lowest BCUT2D eigenvalue weighted by atomic mass is 10.1. The van der Waals surface area contributed by atoms with Crippen LogP contribution in [0.5, 0.6) is 0 Å². The molecule has 0 saturated carbocycles. The zero-order valence-corrected chi connectivity index (χ0v) is 7.50. The molecule has 12 heavy (non-hydrogen) atoms. The van der Waals surface area contributed by atoms with E-state index >= 15 is 0 Å². The molecule has 1 atom stereocenters. The van der Waals surface area contributed by atoms with Gasteiger partial charge in [0.25, 0.3) is 0 Å². The van der Waals surface area contributed by atoms with Crippen molar-refractivity contribution < 1.29 is 0 Å². The molecule has 0 aliphatic carbocycles. The summed E-state index contributed by atoms with van der Waals surface area (Å²) in [5, 5.41) is 3.27. The van der Waals surface area contributed by atoms with Gasteiger partial charge in [-0.15, -0.1) is 0 Å². The highest BCUT2D eigenvalue weighted by atomic mass is 15.2. The number of hydrogen-bond acceptors (Lipinski definition) is 3. The first kappa shape index (κ1) is 8.05. The first-order chi connectivity index (χ1) is 5.95. The number of rotatable bonds is 2. The van der Waals surface area contributed by atoms with Crippen LogP contribution in [0.2, 0.25) is 0 Å². The van der Waals surface area contributed by atoms with Crippen molar-refractivity contribution in [1.29, 1.82) is 0 Å². The van der Waals surface area contributed by atoms with E-state index in [1.54, 1.807) is 0 Å². The number of nitrogens with zero attached hydrogens (tertiary/aromatic N) is 2. The van der Waals surface area contributed by atoms with Gasteiger partial charge in [-0.25, -0.2) is 0 Å². The van der Waals surface area contributed by atoms with Crippen LogP contribution >= 0.6 is 0 Å². The standard InChI is InChI=1S/C9H17N3/c1-2-4-12(5-3-1)7-9-6-10-8-11-9/h8-9H,1-7H2,(H,10,11). The van der Waals surface area contributed by atoms with E-state index in [-0.39, 0.29) is 0 Å². The second-order valence-electron chi connectivity index (χ2n) is 3.72. The number of nitrogens with one attached hydrogen (secondary N) is 1. The third-order valence-electron chi connectivity index (χ3n) is 2.65. The molecule has 0 radical (unpaired) electrons. The lowest BCUT2D eigenvalue weighted by Crippen LogP contribution is -2.41. The van der Waals surface area contributed by atoms with Crippen molar-refractivity contribution in [3.63, 3.8) is 0 Å². The Bertz CT molecular complexity index is 153. The van der Waals surface area contributed by atoms with Gasteiger partial charge < -0.3 is 10.2 Å². The van der Waals surface area contributed by atoms with Gasteiger partial charge in [0, 0.05) is 6.54 Å². The Morgan fingerprint density at radius 3 is 2.83 bits per heavy atom. The van der Waals surface area contributed by atoms with Crippen LogP contribution in [0.3, 0.4) is 0 Å². The van der Waals surface area contributed by atoms with Crippen molar-refractivity contribution in [2.24, 2.45) is 4.99 Å². The van der Waals surface area contributed by atoms with E-state index in [4.69, 9.17) is 0 Å². The summed E-state index contributed by atoms with van der Waals surface area (Å²) < 4.78 is 0. The first-order valence-electron chi connectivity index (χ1n) is 4.92. The van der Waals surface area contributed by atoms with Crippen molar-refractivity contribution in [2.45, 2.75) is 25.3 Å². The van der Waals surface area contributed by atoms with Gasteiger partial charge in [0.2, 0.25) is 0 Å². The molecule has 1 N–H and O–H groups in total. The van der Waals surface area contributed by atoms with Gasteiger partial charge in [-0.3, -0.25) is 4.99 Å². The maximum atomic E-state index is 4.17. The molecule has 2 aliphatic rings. The molecule has 1 fully saturated rings. The summed E-state index contributed by atoms with van der Waals surface area (Å²) in [5.74, 6) is 0. The van der Waals surface area contributed by atoms with E-state index in [2.05, 4.69) is 15.2 Å². The van der Waals surface area contributed by atoms with Gasteiger partial charge >= 0.3 is 0 Å². The molecule has 0 aromatic heterocycles. The molecular weight excluding hydrogens is 150 g/mol. The SMILES string of the molecule is C1=NCC(CN2CCCCC2)N1. The van der Waals surface area contributed by atoms with Gasteiger partial charge in [-0.2, -0.15) is 0 Å². The lowest BCUT2D eigenvalue weighted by Gasteiger charge is -2.28. The van der Waals surface area contributed by atoms with Crippen LogP contribution in [0.1, 0.15) is 19.3 Å². The summed E-state index contributed by atoms with van der Waals surface area (Å²) in [6.45, 7) is 4.73. The summed E-state index contributed by atoms with van der Waals surface area (Å²) in [7, 11) is 0. The number of piperidine rings is 1. The summed E-state index contributed by atoms with van der Waals surface area (Å²) in [4.78, 5) is 6.72. The fourth-order valence-corrected chi connectivity index (χ4v) is 1.95. The molecule has 2 heterocycles. The Morgan fingerprint density at radius 2 is 2.17 bits per heavy atom. The van der Waals surface area contributed by atoms with Gasteiger partial charge in [-0.1, -0.05) is 6.42 Å². The maximum Gasteiger partial charge on any atom is 0.0827 e. The molecule has 0 spiro atoms. The highest BCUT2D eigenvalue weighted by Gasteiger charge is 2.16. The second kappa shape index (κ2) is 3.90. The summed E-state index contributed by atoms with van der Waals surface area (Å²) >= 11 is 0. The summed E-state index contributed by atoms with van der Waals surface area (Å²) in [6, 6.07) is 0.586. The van der Waals surface area contributed by atoms with E-state index in [1.807, 2.05) is 6.34 Å². The highest BCUT2D eigenvalue weighted by Crippen LogP contribution is 2.09. The zero-order valence-electron chi connectivity index (χ0n) is 7.50. The topological polar surface area (TPSA) is 27.6 Å². The molecule has 3 heteroatoms. The Morgan fingerprint density at radius 1 is 1.33 bits per heavy atom. The average Bonchev–Trinajstić information content (AvgIpc) is 2.59. The minimum Gasteiger partial charge on any atom is -0.371 e. The van der Waals surface area contributed by atoms with Crippen LogP contribution in [0, 0.1) is 0 Å². The molecule has 1 saturated heterocycles. The van der Waals surface area contributed by atoms with Crippen LogP contribution in [0.4, 0.5) is 0 Å². The predicted molar refractivity (Wildman–Crippen MR) is 50.6 cm³/mol. The number of likely N-dealkylation sites (tertiary alicyclic amines) is 1. The zero-order chi connectivity index (χ0) is 8.23. The number of hydrogen-bond donors (Lipinski definition) is 1. The third-order valence-corrected chi connectivity index (χ3v) is 2.65. The normalized spacial score (nSPS) is 30.5. The minimum atomic E-state index is 0.586. The average molecular weight is 167 g/mol. The molecule has 0 amide bonds. The smallest absolute Gasteiger partial charge is 0.0827 e. The van der Waals surface area contributed by atoms with Crippen molar-refractivity contribution in [2.75, 3.05) is 26.2 Å². The Hall–Kier alpha value is -0.570. The van der Waals surface area contributed by atoms with E-state index in [1.165, 1.54) is 38.9 Å². The van der Waals surface area contributed by atoms with Crippen molar-refractivity contribution in [3.05, 3.63) is 0 Å². The molecular formula is C9H17N3. The number of aliphatic imine (C=N–C) groups is 1. The fourth-order valence-electron chi connectivity index (χ4n) is 1.95. The fraction of sp³-hybridized carbons (Fsp3) is 0.889. The summed E-state index contributed by atoms with van der Waals surface area (Å²) in [6.07, 6.45) is 6.03. The molecule has 2 rings (SSSR count). The van der Waals surface area contributed by atoms with Gasteiger partial charge in [0.15, 0.2) is 0 Å². The lowest BCUT2D eigenvalue weighted by molar-refractivity contribution is 0.215. The van der Waals surface area contributed by atoms with Crippen molar-refractivity contribution in [1.82, 2.24) is 10.2 Å². The van der Waals surface area contributed by atoms with Crippen LogP contribution in [0.15, 0.2) is 4.99 Å². The third kappa shape index (κ3) is 1.97. The Labute approximate surface area is 73.9 Å². The minimum absolute atomic E-state index is 0.586. The molecule has 0 aromatic carbocycles. The van der Waals surface area contributed by atoms with Crippen molar-refractivity contribution in [3.8, 4) is 0 Å². The quantitative estimate of drug-likeness (QED) is 0.647. The second-order valence-corrected chi connectivity index (χ2v) is 3.72. The predicted octanol–water partition coefficient (Wildman–Crippen LogP) is 0.472. The van der Waals surface area contributed by atoms with E-state index in [9.17, 15) is 0 Å². The first-order valence-corrected chi connectivity index (χ1v) is 4.92. The molecule has 2 aliphatic heterocycles. The molecule has 0 bridgehead atoms. The monoisotopic (exact) mass is 167 g/mol. The van der Waals surface area contributed by atoms with Crippen LogP contribution in [0.25, 0.3) is 0 Å².